The van der Waals surface area contributed by atoms with Crippen LogP contribution in [0.15, 0.2) is 12.3 Å². The van der Waals surface area contributed by atoms with Gasteiger partial charge in [-0.3, -0.25) is 0 Å². The fourth-order valence-corrected chi connectivity index (χ4v) is 1.51. The summed E-state index contributed by atoms with van der Waals surface area (Å²) < 4.78 is 5.48. The summed E-state index contributed by atoms with van der Waals surface area (Å²) in [5.74, 6) is 0. The van der Waals surface area contributed by atoms with E-state index in [-0.39, 0.29) is 0 Å². The zero-order valence-corrected chi connectivity index (χ0v) is 10.2. The second kappa shape index (κ2) is 6.85. The Morgan fingerprint density at radius 2 is 2.33 bits per heavy atom. The SMILES string of the molecule is CC(C)N(C)CCNCC1CCC=CO1. The van der Waals surface area contributed by atoms with Crippen LogP contribution in [0.3, 0.4) is 0 Å². The molecule has 0 amide bonds. The van der Waals surface area contributed by atoms with Crippen LogP contribution in [0.25, 0.3) is 0 Å². The molecule has 1 aliphatic heterocycles. The quantitative estimate of drug-likeness (QED) is 0.677. The van der Waals surface area contributed by atoms with E-state index in [9.17, 15) is 0 Å². The van der Waals surface area contributed by atoms with E-state index in [2.05, 4.69) is 37.2 Å². The Morgan fingerprint density at radius 3 is 2.93 bits per heavy atom. The number of nitrogens with one attached hydrogen (secondary N) is 1. The van der Waals surface area contributed by atoms with Crippen LogP contribution in [-0.2, 0) is 4.74 Å². The number of ether oxygens (including phenoxy) is 1. The Morgan fingerprint density at radius 1 is 1.53 bits per heavy atom. The average Bonchev–Trinajstić information content (AvgIpc) is 2.25. The summed E-state index contributed by atoms with van der Waals surface area (Å²) in [5.41, 5.74) is 0. The maximum Gasteiger partial charge on any atom is 0.110 e. The van der Waals surface area contributed by atoms with Crippen molar-refractivity contribution in [3.8, 4) is 0 Å². The molecule has 0 bridgehead atoms. The number of likely N-dealkylation sites (N-methyl/N-ethyl adjacent to an activating group) is 1. The van der Waals surface area contributed by atoms with Gasteiger partial charge < -0.3 is 15.0 Å². The van der Waals surface area contributed by atoms with Crippen LogP contribution >= 0.6 is 0 Å². The summed E-state index contributed by atoms with van der Waals surface area (Å²) >= 11 is 0. The van der Waals surface area contributed by atoms with E-state index in [0.29, 0.717) is 12.1 Å². The predicted molar refractivity (Wildman–Crippen MR) is 63.9 cm³/mol. The molecule has 1 aliphatic rings. The molecule has 1 unspecified atom stereocenters. The molecule has 88 valence electrons. The number of hydrogen-bond acceptors (Lipinski definition) is 3. The van der Waals surface area contributed by atoms with E-state index in [0.717, 1.165) is 32.5 Å². The van der Waals surface area contributed by atoms with Gasteiger partial charge in [-0.15, -0.1) is 0 Å². The lowest BCUT2D eigenvalue weighted by Gasteiger charge is -2.23. The molecule has 0 spiro atoms. The Bertz CT molecular complexity index is 192. The van der Waals surface area contributed by atoms with Gasteiger partial charge in [-0.05, 0) is 39.8 Å². The molecule has 1 N–H and O–H groups in total. The summed E-state index contributed by atoms with van der Waals surface area (Å²) in [5, 5.41) is 3.44. The molecule has 3 heteroatoms. The minimum Gasteiger partial charge on any atom is -0.497 e. The van der Waals surface area contributed by atoms with Crippen LogP contribution in [0.1, 0.15) is 26.7 Å². The van der Waals surface area contributed by atoms with Gasteiger partial charge in [0.25, 0.3) is 0 Å². The highest BCUT2D eigenvalue weighted by Gasteiger charge is 2.10. The summed E-state index contributed by atoms with van der Waals surface area (Å²) in [6, 6.07) is 0.626. The van der Waals surface area contributed by atoms with Gasteiger partial charge in [-0.2, -0.15) is 0 Å². The molecule has 0 aromatic rings. The molecule has 15 heavy (non-hydrogen) atoms. The monoisotopic (exact) mass is 212 g/mol. The number of rotatable bonds is 6. The molecule has 0 radical (unpaired) electrons. The van der Waals surface area contributed by atoms with Crippen LogP contribution in [0.5, 0.6) is 0 Å². The zero-order valence-electron chi connectivity index (χ0n) is 10.2. The Balaban J connectivity index is 1.99. The van der Waals surface area contributed by atoms with Crippen molar-refractivity contribution in [1.29, 1.82) is 0 Å². The fraction of sp³-hybridized carbons (Fsp3) is 0.833. The summed E-state index contributed by atoms with van der Waals surface area (Å²) in [7, 11) is 2.16. The number of allylic oxidation sites excluding steroid dienone is 1. The van der Waals surface area contributed by atoms with E-state index in [1.807, 2.05) is 6.26 Å². The summed E-state index contributed by atoms with van der Waals surface area (Å²) in [6.45, 7) is 7.54. The highest BCUT2D eigenvalue weighted by Crippen LogP contribution is 2.08. The lowest BCUT2D eigenvalue weighted by atomic mass is 10.1. The van der Waals surface area contributed by atoms with Crippen LogP contribution < -0.4 is 5.32 Å². The molecule has 0 saturated heterocycles. The van der Waals surface area contributed by atoms with Gasteiger partial charge in [0.15, 0.2) is 0 Å². The molecular weight excluding hydrogens is 188 g/mol. The molecule has 1 rings (SSSR count). The average molecular weight is 212 g/mol. The van der Waals surface area contributed by atoms with E-state index < -0.39 is 0 Å². The van der Waals surface area contributed by atoms with Crippen molar-refractivity contribution in [3.63, 3.8) is 0 Å². The first kappa shape index (κ1) is 12.5. The van der Waals surface area contributed by atoms with Crippen LogP contribution in [0, 0.1) is 0 Å². The standard InChI is InChI=1S/C12H24N2O/c1-11(2)14(3)8-7-13-10-12-6-4-5-9-15-12/h5,9,11-13H,4,6-8,10H2,1-3H3. The van der Waals surface area contributed by atoms with E-state index in [1.165, 1.54) is 0 Å². The molecule has 0 saturated carbocycles. The lowest BCUT2D eigenvalue weighted by Crippen LogP contribution is -2.37. The van der Waals surface area contributed by atoms with Crippen LogP contribution in [0.4, 0.5) is 0 Å². The Labute approximate surface area is 93.5 Å². The van der Waals surface area contributed by atoms with E-state index in [4.69, 9.17) is 4.74 Å². The fourth-order valence-electron chi connectivity index (χ4n) is 1.51. The molecular formula is C12H24N2O. The van der Waals surface area contributed by atoms with Crippen molar-refractivity contribution in [1.82, 2.24) is 10.2 Å². The van der Waals surface area contributed by atoms with Crippen molar-refractivity contribution in [2.24, 2.45) is 0 Å². The van der Waals surface area contributed by atoms with Crippen molar-refractivity contribution in [2.45, 2.75) is 38.8 Å². The topological polar surface area (TPSA) is 24.5 Å². The second-order valence-electron chi connectivity index (χ2n) is 4.49. The Hall–Kier alpha value is -0.540. The highest BCUT2D eigenvalue weighted by atomic mass is 16.5. The molecule has 1 atom stereocenters. The van der Waals surface area contributed by atoms with Crippen molar-refractivity contribution >= 4 is 0 Å². The zero-order chi connectivity index (χ0) is 11.1. The normalized spacial score (nSPS) is 21.0. The molecule has 0 aromatic carbocycles. The van der Waals surface area contributed by atoms with E-state index >= 15 is 0 Å². The third-order valence-electron chi connectivity index (χ3n) is 2.92. The minimum atomic E-state index is 0.374. The first-order valence-corrected chi connectivity index (χ1v) is 5.91. The highest BCUT2D eigenvalue weighted by molar-refractivity contribution is 4.83. The van der Waals surface area contributed by atoms with Gasteiger partial charge >= 0.3 is 0 Å². The maximum atomic E-state index is 5.48. The minimum absolute atomic E-state index is 0.374. The third-order valence-corrected chi connectivity index (χ3v) is 2.92. The van der Waals surface area contributed by atoms with Crippen LogP contribution in [0.2, 0.25) is 0 Å². The van der Waals surface area contributed by atoms with Gasteiger partial charge in [0.2, 0.25) is 0 Å². The second-order valence-corrected chi connectivity index (χ2v) is 4.49. The van der Waals surface area contributed by atoms with Gasteiger partial charge in [-0.25, -0.2) is 0 Å². The van der Waals surface area contributed by atoms with Gasteiger partial charge in [0, 0.05) is 25.7 Å². The lowest BCUT2D eigenvalue weighted by molar-refractivity contribution is 0.121. The molecule has 3 nitrogen and oxygen atoms in total. The van der Waals surface area contributed by atoms with Gasteiger partial charge in [0.1, 0.15) is 6.10 Å². The van der Waals surface area contributed by atoms with Crippen LogP contribution in [-0.4, -0.2) is 43.7 Å². The maximum absolute atomic E-state index is 5.48. The van der Waals surface area contributed by atoms with E-state index in [1.54, 1.807) is 0 Å². The molecule has 0 aliphatic carbocycles. The third kappa shape index (κ3) is 5.19. The number of nitrogens with zero attached hydrogens (tertiary/aromatic N) is 1. The predicted octanol–water partition coefficient (Wildman–Crippen LogP) is 1.61. The summed E-state index contributed by atoms with van der Waals surface area (Å²) in [6.07, 6.45) is 6.58. The van der Waals surface area contributed by atoms with Gasteiger partial charge in [0.05, 0.1) is 6.26 Å². The molecule has 1 heterocycles. The van der Waals surface area contributed by atoms with Crippen molar-refractivity contribution in [3.05, 3.63) is 12.3 Å². The Kier molecular flexibility index (Phi) is 5.73. The van der Waals surface area contributed by atoms with Crippen molar-refractivity contribution in [2.75, 3.05) is 26.7 Å². The van der Waals surface area contributed by atoms with Crippen molar-refractivity contribution < 1.29 is 4.74 Å². The first-order chi connectivity index (χ1) is 7.20. The molecule has 0 aromatic heterocycles. The molecule has 0 fully saturated rings. The largest absolute Gasteiger partial charge is 0.497 e. The number of hydrogen-bond donors (Lipinski definition) is 1. The van der Waals surface area contributed by atoms with Gasteiger partial charge in [-0.1, -0.05) is 0 Å². The first-order valence-electron chi connectivity index (χ1n) is 5.91. The summed E-state index contributed by atoms with van der Waals surface area (Å²) in [4.78, 5) is 2.34. The smallest absolute Gasteiger partial charge is 0.110 e.